The topological polar surface area (TPSA) is 35.8 Å². The van der Waals surface area contributed by atoms with Crippen molar-refractivity contribution in [3.63, 3.8) is 0 Å². The Balaban J connectivity index is 2.11. The number of hydrogen-bond acceptors (Lipinski definition) is 2. The fraction of sp³-hybridized carbons (Fsp3) is 0.133. The fourth-order valence-corrected chi connectivity index (χ4v) is 1.67. The lowest BCUT2D eigenvalue weighted by molar-refractivity contribution is 0.627. The summed E-state index contributed by atoms with van der Waals surface area (Å²) in [6.07, 6.45) is 0. The molecule has 0 atom stereocenters. The first-order valence-corrected chi connectivity index (χ1v) is 5.68. The second-order valence-corrected chi connectivity index (χ2v) is 4.14. The molecule has 0 aromatic heterocycles. The third kappa shape index (κ3) is 2.86. The summed E-state index contributed by atoms with van der Waals surface area (Å²) in [5.41, 5.74) is 3.30. The first-order chi connectivity index (χ1) is 8.69. The van der Waals surface area contributed by atoms with E-state index in [1.165, 1.54) is 17.7 Å². The van der Waals surface area contributed by atoms with Gasteiger partial charge in [0.15, 0.2) is 0 Å². The molecule has 2 aromatic carbocycles. The number of nitrogens with one attached hydrogen (secondary N) is 1. The van der Waals surface area contributed by atoms with Crippen LogP contribution in [0.3, 0.4) is 0 Å². The van der Waals surface area contributed by atoms with Gasteiger partial charge < -0.3 is 5.32 Å². The van der Waals surface area contributed by atoms with Crippen molar-refractivity contribution in [1.29, 1.82) is 5.26 Å². The zero-order chi connectivity index (χ0) is 13.0. The zero-order valence-electron chi connectivity index (χ0n) is 10.1. The van der Waals surface area contributed by atoms with Crippen LogP contribution in [-0.2, 0) is 6.54 Å². The maximum absolute atomic E-state index is 13.0. The largest absolute Gasteiger partial charge is 0.380 e. The number of halogens is 1. The van der Waals surface area contributed by atoms with E-state index in [9.17, 15) is 4.39 Å². The van der Waals surface area contributed by atoms with Crippen LogP contribution >= 0.6 is 0 Å². The maximum Gasteiger partial charge on any atom is 0.124 e. The lowest BCUT2D eigenvalue weighted by atomic mass is 10.1. The Morgan fingerprint density at radius 2 is 1.89 bits per heavy atom. The standard InChI is InChI=1S/C15H13FN2/c1-11-2-4-12(5-3-11)10-18-15-7-6-14(16)8-13(15)9-17/h2-8,18H,10H2,1H3. The summed E-state index contributed by atoms with van der Waals surface area (Å²) >= 11 is 0. The van der Waals surface area contributed by atoms with E-state index >= 15 is 0 Å². The van der Waals surface area contributed by atoms with E-state index in [1.54, 1.807) is 6.07 Å². The maximum atomic E-state index is 13.0. The summed E-state index contributed by atoms with van der Waals surface area (Å²) in [5, 5.41) is 12.1. The molecule has 2 rings (SSSR count). The molecule has 0 aliphatic heterocycles. The van der Waals surface area contributed by atoms with Gasteiger partial charge >= 0.3 is 0 Å². The monoisotopic (exact) mass is 240 g/mol. The highest BCUT2D eigenvalue weighted by Gasteiger charge is 2.03. The third-order valence-corrected chi connectivity index (χ3v) is 2.71. The highest BCUT2D eigenvalue weighted by Crippen LogP contribution is 2.17. The minimum atomic E-state index is -0.396. The average Bonchev–Trinajstić information content (AvgIpc) is 2.39. The summed E-state index contributed by atoms with van der Waals surface area (Å²) in [6.45, 7) is 2.64. The molecule has 0 saturated heterocycles. The molecule has 0 amide bonds. The van der Waals surface area contributed by atoms with Crippen molar-refractivity contribution in [3.8, 4) is 6.07 Å². The first-order valence-electron chi connectivity index (χ1n) is 5.68. The normalized spacial score (nSPS) is 9.83. The number of aryl methyl sites for hydroxylation is 1. The summed E-state index contributed by atoms with van der Waals surface area (Å²) in [7, 11) is 0. The second kappa shape index (κ2) is 5.33. The number of hydrogen-bond donors (Lipinski definition) is 1. The molecule has 1 N–H and O–H groups in total. The molecule has 0 saturated carbocycles. The van der Waals surface area contributed by atoms with Crippen molar-refractivity contribution in [2.24, 2.45) is 0 Å². The second-order valence-electron chi connectivity index (χ2n) is 4.14. The molecule has 2 nitrogen and oxygen atoms in total. The summed E-state index contributed by atoms with van der Waals surface area (Å²) in [5.74, 6) is -0.396. The Morgan fingerprint density at radius 3 is 2.56 bits per heavy atom. The van der Waals surface area contributed by atoms with E-state index in [2.05, 4.69) is 5.32 Å². The molecule has 0 bridgehead atoms. The van der Waals surface area contributed by atoms with E-state index in [-0.39, 0.29) is 0 Å². The predicted octanol–water partition coefficient (Wildman–Crippen LogP) is 3.62. The van der Waals surface area contributed by atoms with Gasteiger partial charge in [-0.1, -0.05) is 29.8 Å². The van der Waals surface area contributed by atoms with Crippen LogP contribution in [0.25, 0.3) is 0 Å². The molecule has 90 valence electrons. The van der Waals surface area contributed by atoms with Gasteiger partial charge in [0.05, 0.1) is 11.3 Å². The molecule has 0 radical (unpaired) electrons. The lowest BCUT2D eigenvalue weighted by Gasteiger charge is -2.08. The van der Waals surface area contributed by atoms with E-state index in [4.69, 9.17) is 5.26 Å². The van der Waals surface area contributed by atoms with Gasteiger partial charge in [0.2, 0.25) is 0 Å². The SMILES string of the molecule is Cc1ccc(CNc2ccc(F)cc2C#N)cc1. The Labute approximate surface area is 106 Å². The molecule has 0 heterocycles. The molecule has 0 spiro atoms. The van der Waals surface area contributed by atoms with Crippen molar-refractivity contribution in [1.82, 2.24) is 0 Å². The van der Waals surface area contributed by atoms with Crippen molar-refractivity contribution in [2.75, 3.05) is 5.32 Å². The van der Waals surface area contributed by atoms with Crippen LogP contribution in [0.1, 0.15) is 16.7 Å². The minimum Gasteiger partial charge on any atom is -0.380 e. The van der Waals surface area contributed by atoms with E-state index in [1.807, 2.05) is 37.3 Å². The molecule has 2 aromatic rings. The van der Waals surface area contributed by atoms with Crippen LogP contribution in [0.5, 0.6) is 0 Å². The molecule has 18 heavy (non-hydrogen) atoms. The van der Waals surface area contributed by atoms with Crippen molar-refractivity contribution in [3.05, 3.63) is 65.0 Å². The molecule has 0 unspecified atom stereocenters. The zero-order valence-corrected chi connectivity index (χ0v) is 10.1. The minimum absolute atomic E-state index is 0.321. The molecular formula is C15H13FN2. The van der Waals surface area contributed by atoms with Gasteiger partial charge in [0.1, 0.15) is 11.9 Å². The van der Waals surface area contributed by atoms with E-state index in [0.29, 0.717) is 17.8 Å². The molecular weight excluding hydrogens is 227 g/mol. The predicted molar refractivity (Wildman–Crippen MR) is 69.6 cm³/mol. The third-order valence-electron chi connectivity index (χ3n) is 2.71. The van der Waals surface area contributed by atoms with Gasteiger partial charge in [-0.3, -0.25) is 0 Å². The van der Waals surface area contributed by atoms with Crippen molar-refractivity contribution >= 4 is 5.69 Å². The van der Waals surface area contributed by atoms with Crippen molar-refractivity contribution in [2.45, 2.75) is 13.5 Å². The Hall–Kier alpha value is -2.34. The highest BCUT2D eigenvalue weighted by atomic mass is 19.1. The number of rotatable bonds is 3. The molecule has 0 aliphatic rings. The van der Waals surface area contributed by atoms with Gasteiger partial charge in [-0.15, -0.1) is 0 Å². The van der Waals surface area contributed by atoms with Gasteiger partial charge in [-0.2, -0.15) is 5.26 Å². The fourth-order valence-electron chi connectivity index (χ4n) is 1.67. The van der Waals surface area contributed by atoms with Crippen molar-refractivity contribution < 1.29 is 4.39 Å². The van der Waals surface area contributed by atoms with Crippen LogP contribution in [0.2, 0.25) is 0 Å². The molecule has 0 aliphatic carbocycles. The van der Waals surface area contributed by atoms with Crippen LogP contribution in [0, 0.1) is 24.1 Å². The summed E-state index contributed by atoms with van der Waals surface area (Å²) in [6, 6.07) is 14.3. The van der Waals surface area contributed by atoms with Crippen LogP contribution in [-0.4, -0.2) is 0 Å². The summed E-state index contributed by atoms with van der Waals surface area (Å²) < 4.78 is 13.0. The number of anilines is 1. The average molecular weight is 240 g/mol. The van der Waals surface area contributed by atoms with Gasteiger partial charge in [-0.25, -0.2) is 4.39 Å². The van der Waals surface area contributed by atoms with Gasteiger partial charge in [0, 0.05) is 6.54 Å². The Morgan fingerprint density at radius 1 is 1.17 bits per heavy atom. The quantitative estimate of drug-likeness (QED) is 0.889. The van der Waals surface area contributed by atoms with Gasteiger partial charge in [-0.05, 0) is 30.7 Å². The lowest BCUT2D eigenvalue weighted by Crippen LogP contribution is -2.01. The van der Waals surface area contributed by atoms with E-state index < -0.39 is 5.82 Å². The Bertz CT molecular complexity index is 582. The highest BCUT2D eigenvalue weighted by molar-refractivity contribution is 5.57. The number of benzene rings is 2. The van der Waals surface area contributed by atoms with E-state index in [0.717, 1.165) is 5.56 Å². The smallest absolute Gasteiger partial charge is 0.124 e. The van der Waals surface area contributed by atoms with Crippen LogP contribution in [0.15, 0.2) is 42.5 Å². The molecule has 0 fully saturated rings. The number of nitrogens with zero attached hydrogens (tertiary/aromatic N) is 1. The van der Waals surface area contributed by atoms with Crippen LogP contribution in [0.4, 0.5) is 10.1 Å². The first kappa shape index (κ1) is 12.1. The van der Waals surface area contributed by atoms with Gasteiger partial charge in [0.25, 0.3) is 0 Å². The summed E-state index contributed by atoms with van der Waals surface area (Å²) in [4.78, 5) is 0. The molecule has 3 heteroatoms. The van der Waals surface area contributed by atoms with Crippen LogP contribution < -0.4 is 5.32 Å². The Kier molecular flexibility index (Phi) is 3.59. The number of nitriles is 1.